The first-order valence-electron chi connectivity index (χ1n) is 7.88. The number of aliphatic carboxylic acids is 1. The van der Waals surface area contributed by atoms with E-state index in [1.165, 1.54) is 5.56 Å². The molecule has 0 amide bonds. The van der Waals surface area contributed by atoms with Crippen LogP contribution in [0.1, 0.15) is 34.9 Å². The molecule has 0 aliphatic carbocycles. The number of rotatable bonds is 5. The average molecular weight is 366 g/mol. The lowest BCUT2D eigenvalue weighted by atomic mass is 10.0. The van der Waals surface area contributed by atoms with Crippen molar-refractivity contribution in [2.24, 2.45) is 0 Å². The summed E-state index contributed by atoms with van der Waals surface area (Å²) in [6.45, 7) is 2.79. The van der Waals surface area contributed by atoms with Crippen LogP contribution in [-0.4, -0.2) is 35.7 Å². The summed E-state index contributed by atoms with van der Waals surface area (Å²) in [6.07, 6.45) is 1.54. The van der Waals surface area contributed by atoms with Gasteiger partial charge in [-0.25, -0.2) is 0 Å². The van der Waals surface area contributed by atoms with Crippen molar-refractivity contribution < 1.29 is 14.6 Å². The third-order valence-electron chi connectivity index (χ3n) is 4.42. The lowest BCUT2D eigenvalue weighted by Gasteiger charge is -2.32. The van der Waals surface area contributed by atoms with E-state index in [0.717, 1.165) is 29.2 Å². The Morgan fingerprint density at radius 1 is 1.46 bits per heavy atom. The van der Waals surface area contributed by atoms with Crippen LogP contribution in [-0.2, 0) is 4.79 Å². The Labute approximate surface area is 150 Å². The van der Waals surface area contributed by atoms with Crippen molar-refractivity contribution >= 4 is 28.9 Å². The molecule has 24 heavy (non-hydrogen) atoms. The number of thiophene rings is 1. The molecule has 1 aromatic carbocycles. The first-order valence-corrected chi connectivity index (χ1v) is 9.14. The molecule has 0 spiro atoms. The third-order valence-corrected chi connectivity index (χ3v) is 5.76. The summed E-state index contributed by atoms with van der Waals surface area (Å²) in [6, 6.07) is 6.99. The molecule has 0 bridgehead atoms. The Morgan fingerprint density at radius 2 is 2.25 bits per heavy atom. The highest BCUT2D eigenvalue weighted by atomic mass is 35.5. The smallest absolute Gasteiger partial charge is 0.320 e. The van der Waals surface area contributed by atoms with Gasteiger partial charge >= 0.3 is 5.97 Å². The van der Waals surface area contributed by atoms with Gasteiger partial charge in [0.05, 0.1) is 13.2 Å². The zero-order valence-electron chi connectivity index (χ0n) is 13.7. The monoisotopic (exact) mass is 365 g/mol. The lowest BCUT2D eigenvalue weighted by Crippen LogP contribution is -2.39. The largest absolute Gasteiger partial charge is 0.496 e. The fourth-order valence-corrected chi connectivity index (χ4v) is 4.59. The molecule has 4 nitrogen and oxygen atoms in total. The van der Waals surface area contributed by atoms with Crippen LogP contribution in [0.5, 0.6) is 5.75 Å². The van der Waals surface area contributed by atoms with Crippen LogP contribution < -0.4 is 4.74 Å². The molecule has 1 saturated heterocycles. The minimum absolute atomic E-state index is 0.166. The van der Waals surface area contributed by atoms with Gasteiger partial charge < -0.3 is 9.84 Å². The summed E-state index contributed by atoms with van der Waals surface area (Å²) >= 11 is 7.87. The number of aryl methyl sites for hydroxylation is 1. The summed E-state index contributed by atoms with van der Waals surface area (Å²) in [7, 11) is 1.63. The number of carboxylic acid groups (broad SMARTS) is 1. The molecule has 2 aromatic rings. The normalized spacial score (nSPS) is 19.4. The van der Waals surface area contributed by atoms with Gasteiger partial charge in [-0.3, -0.25) is 9.69 Å². The van der Waals surface area contributed by atoms with E-state index in [4.69, 9.17) is 16.3 Å². The summed E-state index contributed by atoms with van der Waals surface area (Å²) in [5.74, 6) is -0.0433. The standard InChI is InChI=1S/C18H20ClNO3S/c1-11-8-16(24-10-11)17(20-7-3-4-14(20)18(21)22)13-9-12(19)5-6-15(13)23-2/h5-6,8-10,14,17H,3-4,7H2,1-2H3,(H,21,22). The summed E-state index contributed by atoms with van der Waals surface area (Å²) < 4.78 is 5.54. The van der Waals surface area contributed by atoms with Crippen molar-refractivity contribution in [2.75, 3.05) is 13.7 Å². The maximum Gasteiger partial charge on any atom is 0.320 e. The third kappa shape index (κ3) is 3.29. The Kier molecular flexibility index (Phi) is 5.13. The second-order valence-corrected chi connectivity index (χ2v) is 7.43. The molecular weight excluding hydrogens is 346 g/mol. The van der Waals surface area contributed by atoms with Crippen molar-refractivity contribution in [3.8, 4) is 5.75 Å². The summed E-state index contributed by atoms with van der Waals surface area (Å²) in [4.78, 5) is 14.9. The highest BCUT2D eigenvalue weighted by molar-refractivity contribution is 7.10. The quantitative estimate of drug-likeness (QED) is 0.855. The molecule has 1 N–H and O–H groups in total. The molecule has 3 rings (SSSR count). The Balaban J connectivity index is 2.13. The summed E-state index contributed by atoms with van der Waals surface area (Å²) in [5.41, 5.74) is 2.09. The van der Waals surface area contributed by atoms with E-state index in [-0.39, 0.29) is 6.04 Å². The number of methoxy groups -OCH3 is 1. The van der Waals surface area contributed by atoms with E-state index >= 15 is 0 Å². The van der Waals surface area contributed by atoms with Gasteiger partial charge in [-0.05, 0) is 55.0 Å². The lowest BCUT2D eigenvalue weighted by molar-refractivity contribution is -0.142. The van der Waals surface area contributed by atoms with Crippen molar-refractivity contribution in [3.63, 3.8) is 0 Å². The Bertz CT molecular complexity index is 746. The van der Waals surface area contributed by atoms with Gasteiger partial charge in [0.2, 0.25) is 0 Å². The molecule has 0 radical (unpaired) electrons. The molecule has 1 aromatic heterocycles. The summed E-state index contributed by atoms with van der Waals surface area (Å²) in [5, 5.41) is 12.3. The number of carbonyl (C=O) groups is 1. The van der Waals surface area contributed by atoms with Gasteiger partial charge in [-0.2, -0.15) is 0 Å². The first-order chi connectivity index (χ1) is 11.5. The van der Waals surface area contributed by atoms with Gasteiger partial charge in [0, 0.05) is 22.0 Å². The number of likely N-dealkylation sites (tertiary alicyclic amines) is 1. The van der Waals surface area contributed by atoms with Gasteiger partial charge in [0.15, 0.2) is 0 Å². The fourth-order valence-electron chi connectivity index (χ4n) is 3.37. The number of hydrogen-bond donors (Lipinski definition) is 1. The minimum atomic E-state index is -0.772. The highest BCUT2D eigenvalue weighted by Crippen LogP contribution is 2.42. The molecule has 2 heterocycles. The predicted octanol–water partition coefficient (Wildman–Crippen LogP) is 4.36. The number of nitrogens with zero attached hydrogens (tertiary/aromatic N) is 1. The molecule has 0 saturated carbocycles. The van der Waals surface area contributed by atoms with E-state index in [1.807, 2.05) is 19.1 Å². The van der Waals surface area contributed by atoms with Gasteiger partial charge in [0.25, 0.3) is 0 Å². The van der Waals surface area contributed by atoms with Crippen LogP contribution in [0.4, 0.5) is 0 Å². The number of carboxylic acids is 1. The van der Waals surface area contributed by atoms with Crippen molar-refractivity contribution in [2.45, 2.75) is 31.8 Å². The van der Waals surface area contributed by atoms with E-state index in [2.05, 4.69) is 16.3 Å². The van der Waals surface area contributed by atoms with E-state index in [1.54, 1.807) is 24.5 Å². The topological polar surface area (TPSA) is 49.8 Å². The van der Waals surface area contributed by atoms with Gasteiger partial charge in [0.1, 0.15) is 11.8 Å². The van der Waals surface area contributed by atoms with Crippen LogP contribution in [0, 0.1) is 6.92 Å². The molecule has 1 aliphatic heterocycles. The van der Waals surface area contributed by atoms with Crippen LogP contribution in [0.3, 0.4) is 0 Å². The number of ether oxygens (including phenoxy) is 1. The highest BCUT2D eigenvalue weighted by Gasteiger charge is 2.38. The average Bonchev–Trinajstić information content (AvgIpc) is 3.18. The number of benzene rings is 1. The fraction of sp³-hybridized carbons (Fsp3) is 0.389. The Morgan fingerprint density at radius 3 is 2.88 bits per heavy atom. The zero-order chi connectivity index (χ0) is 17.3. The maximum absolute atomic E-state index is 11.7. The maximum atomic E-state index is 11.7. The van der Waals surface area contributed by atoms with Crippen molar-refractivity contribution in [1.29, 1.82) is 0 Å². The molecule has 128 valence electrons. The van der Waals surface area contributed by atoms with Crippen LogP contribution in [0.15, 0.2) is 29.6 Å². The minimum Gasteiger partial charge on any atom is -0.496 e. The van der Waals surface area contributed by atoms with Crippen molar-refractivity contribution in [3.05, 3.63) is 50.7 Å². The van der Waals surface area contributed by atoms with E-state index in [9.17, 15) is 9.90 Å². The van der Waals surface area contributed by atoms with Crippen molar-refractivity contribution in [1.82, 2.24) is 4.90 Å². The van der Waals surface area contributed by atoms with Crippen LogP contribution in [0.2, 0.25) is 5.02 Å². The number of halogens is 1. The molecular formula is C18H20ClNO3S. The molecule has 2 atom stereocenters. The van der Waals surface area contributed by atoms with E-state index < -0.39 is 12.0 Å². The van der Waals surface area contributed by atoms with Crippen LogP contribution in [0.25, 0.3) is 0 Å². The SMILES string of the molecule is COc1ccc(Cl)cc1C(c1cc(C)cs1)N1CCCC1C(=O)O. The van der Waals surface area contributed by atoms with Crippen LogP contribution >= 0.6 is 22.9 Å². The second-order valence-electron chi connectivity index (χ2n) is 6.05. The first kappa shape index (κ1) is 17.3. The second kappa shape index (κ2) is 7.13. The van der Waals surface area contributed by atoms with Gasteiger partial charge in [-0.15, -0.1) is 11.3 Å². The van der Waals surface area contributed by atoms with E-state index in [0.29, 0.717) is 11.4 Å². The molecule has 2 unspecified atom stereocenters. The molecule has 6 heteroatoms. The Hall–Kier alpha value is -1.56. The zero-order valence-corrected chi connectivity index (χ0v) is 15.2. The van der Waals surface area contributed by atoms with Gasteiger partial charge in [-0.1, -0.05) is 11.6 Å². The predicted molar refractivity (Wildman–Crippen MR) is 96.3 cm³/mol. The molecule has 1 aliphatic rings. The molecule has 1 fully saturated rings. The number of hydrogen-bond acceptors (Lipinski definition) is 4.